The number of piperazine rings is 1. The van der Waals surface area contributed by atoms with Crippen molar-refractivity contribution in [2.45, 2.75) is 0 Å². The molecule has 11 nitrogen and oxygen atoms in total. The van der Waals surface area contributed by atoms with Gasteiger partial charge in [0.2, 0.25) is 5.95 Å². The van der Waals surface area contributed by atoms with Gasteiger partial charge in [-0.1, -0.05) is 0 Å². The van der Waals surface area contributed by atoms with Crippen molar-refractivity contribution in [1.82, 2.24) is 34.7 Å². The summed E-state index contributed by atoms with van der Waals surface area (Å²) in [6.45, 7) is 2.99. The molecule has 4 rings (SSSR count). The topological polar surface area (TPSA) is 107 Å². The van der Waals surface area contributed by atoms with Gasteiger partial charge in [0.15, 0.2) is 0 Å². The summed E-state index contributed by atoms with van der Waals surface area (Å²) in [6, 6.07) is 0.471. The molecule has 0 N–H and O–H groups in total. The lowest BCUT2D eigenvalue weighted by atomic mass is 10.2. The van der Waals surface area contributed by atoms with Gasteiger partial charge in [-0.15, -0.1) is 4.98 Å². The quantitative estimate of drug-likeness (QED) is 0.614. The molecule has 0 atom stereocenters. The smallest absolute Gasteiger partial charge is 0.324 e. The van der Waals surface area contributed by atoms with Crippen molar-refractivity contribution in [2.24, 2.45) is 7.05 Å². The normalized spacial score (nSPS) is 14.2. The summed E-state index contributed by atoms with van der Waals surface area (Å²) in [5.74, 6) is 1.38. The Bertz CT molecular complexity index is 931. The molecule has 0 bridgehead atoms. The van der Waals surface area contributed by atoms with E-state index in [-0.39, 0.29) is 12.0 Å². The molecular formula is C17H21N9O2. The molecule has 1 aliphatic heterocycles. The predicted molar refractivity (Wildman–Crippen MR) is 102 cm³/mol. The summed E-state index contributed by atoms with van der Waals surface area (Å²) in [7, 11) is 4.92. The second-order valence-corrected chi connectivity index (χ2v) is 6.25. The average Bonchev–Trinajstić information content (AvgIpc) is 3.20. The number of hydrogen-bond acceptors (Lipinski definition) is 10. The number of aryl methyl sites for hydroxylation is 1. The standard InChI is InChI=1S/C17H21N9O2/c1-24-11-12(8-19-24)13-9-18-10-14(20-13)25-4-6-26(7-5-25)15-21-16(27-2)23-17(22-15)28-3/h8-11H,4-7H2,1-3H3. The second kappa shape index (κ2) is 7.62. The number of anilines is 2. The molecule has 3 aromatic rings. The van der Waals surface area contributed by atoms with E-state index in [2.05, 4.69) is 34.8 Å². The minimum absolute atomic E-state index is 0.235. The lowest BCUT2D eigenvalue weighted by Crippen LogP contribution is -2.47. The van der Waals surface area contributed by atoms with Crippen molar-refractivity contribution < 1.29 is 9.47 Å². The number of aromatic nitrogens is 7. The van der Waals surface area contributed by atoms with E-state index in [1.54, 1.807) is 23.3 Å². The van der Waals surface area contributed by atoms with E-state index in [0.717, 1.165) is 43.3 Å². The van der Waals surface area contributed by atoms with E-state index in [4.69, 9.17) is 14.5 Å². The molecule has 4 heterocycles. The first-order valence-electron chi connectivity index (χ1n) is 8.81. The Balaban J connectivity index is 1.47. The Morgan fingerprint density at radius 3 is 2.11 bits per heavy atom. The molecule has 0 amide bonds. The van der Waals surface area contributed by atoms with Crippen LogP contribution in [0.2, 0.25) is 0 Å². The highest BCUT2D eigenvalue weighted by molar-refractivity contribution is 5.58. The van der Waals surface area contributed by atoms with Gasteiger partial charge < -0.3 is 19.3 Å². The Morgan fingerprint density at radius 2 is 1.50 bits per heavy atom. The van der Waals surface area contributed by atoms with Gasteiger partial charge in [0.05, 0.1) is 38.5 Å². The van der Waals surface area contributed by atoms with Crippen LogP contribution in [0.15, 0.2) is 24.8 Å². The SMILES string of the molecule is COc1nc(OC)nc(N2CCN(c3cncc(-c4cnn(C)c4)n3)CC2)n1. The predicted octanol–water partition coefficient (Wildman–Crippen LogP) is 0.406. The third-order valence-electron chi connectivity index (χ3n) is 4.46. The van der Waals surface area contributed by atoms with Crippen molar-refractivity contribution in [2.75, 3.05) is 50.2 Å². The van der Waals surface area contributed by atoms with Gasteiger partial charge in [-0.25, -0.2) is 4.98 Å². The number of rotatable bonds is 5. The van der Waals surface area contributed by atoms with E-state index in [0.29, 0.717) is 5.95 Å². The van der Waals surface area contributed by atoms with Crippen molar-refractivity contribution in [3.05, 3.63) is 24.8 Å². The highest BCUT2D eigenvalue weighted by Gasteiger charge is 2.22. The summed E-state index contributed by atoms with van der Waals surface area (Å²) in [5.41, 5.74) is 1.75. The minimum Gasteiger partial charge on any atom is -0.467 e. The Kier molecular flexibility index (Phi) is 4.87. The maximum atomic E-state index is 5.13. The molecule has 0 spiro atoms. The largest absolute Gasteiger partial charge is 0.467 e. The summed E-state index contributed by atoms with van der Waals surface area (Å²) in [4.78, 5) is 26.0. The molecule has 0 aromatic carbocycles. The average molecular weight is 383 g/mol. The molecule has 0 radical (unpaired) electrons. The van der Waals surface area contributed by atoms with Gasteiger partial charge in [-0.3, -0.25) is 9.67 Å². The zero-order chi connectivity index (χ0) is 19.5. The van der Waals surface area contributed by atoms with Crippen molar-refractivity contribution >= 4 is 11.8 Å². The minimum atomic E-state index is 0.235. The van der Waals surface area contributed by atoms with Crippen LogP contribution in [0.3, 0.4) is 0 Å². The van der Waals surface area contributed by atoms with Gasteiger partial charge in [0, 0.05) is 45.0 Å². The first-order valence-corrected chi connectivity index (χ1v) is 8.81. The number of ether oxygens (including phenoxy) is 2. The maximum Gasteiger partial charge on any atom is 0.324 e. The summed E-state index contributed by atoms with van der Waals surface area (Å²) < 4.78 is 12.0. The zero-order valence-corrected chi connectivity index (χ0v) is 16.0. The van der Waals surface area contributed by atoms with Crippen molar-refractivity contribution in [3.63, 3.8) is 0 Å². The monoisotopic (exact) mass is 383 g/mol. The van der Waals surface area contributed by atoms with Crippen molar-refractivity contribution in [3.8, 4) is 23.3 Å². The van der Waals surface area contributed by atoms with Gasteiger partial charge in [0.1, 0.15) is 5.82 Å². The Morgan fingerprint density at radius 1 is 0.821 bits per heavy atom. The molecule has 0 aliphatic carbocycles. The molecule has 3 aromatic heterocycles. The van der Waals surface area contributed by atoms with Crippen LogP contribution in [0.5, 0.6) is 12.0 Å². The first kappa shape index (κ1) is 17.9. The first-order chi connectivity index (χ1) is 13.7. The third-order valence-corrected chi connectivity index (χ3v) is 4.46. The van der Waals surface area contributed by atoms with Crippen LogP contribution < -0.4 is 19.3 Å². The second-order valence-electron chi connectivity index (χ2n) is 6.25. The molecule has 146 valence electrons. The fourth-order valence-electron chi connectivity index (χ4n) is 2.99. The Hall–Kier alpha value is -3.50. The van der Waals surface area contributed by atoms with Gasteiger partial charge in [-0.05, 0) is 0 Å². The summed E-state index contributed by atoms with van der Waals surface area (Å²) in [6.07, 6.45) is 7.24. The fourth-order valence-corrected chi connectivity index (χ4v) is 2.99. The Labute approximate surface area is 162 Å². The van der Waals surface area contributed by atoms with Crippen molar-refractivity contribution in [1.29, 1.82) is 0 Å². The van der Waals surface area contributed by atoms with Crippen LogP contribution in [0, 0.1) is 0 Å². The van der Waals surface area contributed by atoms with Crippen LogP contribution in [-0.4, -0.2) is 75.1 Å². The van der Waals surface area contributed by atoms with Gasteiger partial charge in [-0.2, -0.15) is 15.1 Å². The highest BCUT2D eigenvalue weighted by Crippen LogP contribution is 2.22. The van der Waals surface area contributed by atoms with Crippen LogP contribution in [0.25, 0.3) is 11.3 Å². The molecular weight excluding hydrogens is 362 g/mol. The van der Waals surface area contributed by atoms with E-state index in [9.17, 15) is 0 Å². The lowest BCUT2D eigenvalue weighted by Gasteiger charge is -2.35. The van der Waals surface area contributed by atoms with E-state index in [1.165, 1.54) is 14.2 Å². The summed E-state index contributed by atoms with van der Waals surface area (Å²) >= 11 is 0. The van der Waals surface area contributed by atoms with E-state index >= 15 is 0 Å². The zero-order valence-electron chi connectivity index (χ0n) is 16.0. The lowest BCUT2D eigenvalue weighted by molar-refractivity contribution is 0.339. The molecule has 28 heavy (non-hydrogen) atoms. The van der Waals surface area contributed by atoms with Crippen LogP contribution in [-0.2, 0) is 7.05 Å². The third kappa shape index (κ3) is 3.63. The molecule has 0 saturated carbocycles. The molecule has 1 aliphatic rings. The van der Waals surface area contributed by atoms with Crippen LogP contribution >= 0.6 is 0 Å². The molecule has 1 saturated heterocycles. The molecule has 1 fully saturated rings. The number of nitrogens with zero attached hydrogens (tertiary/aromatic N) is 9. The maximum absolute atomic E-state index is 5.13. The molecule has 0 unspecified atom stereocenters. The van der Waals surface area contributed by atoms with E-state index < -0.39 is 0 Å². The van der Waals surface area contributed by atoms with Crippen LogP contribution in [0.1, 0.15) is 0 Å². The van der Waals surface area contributed by atoms with Gasteiger partial charge in [0.25, 0.3) is 0 Å². The number of hydrogen-bond donors (Lipinski definition) is 0. The fraction of sp³-hybridized carbons (Fsp3) is 0.412. The van der Waals surface area contributed by atoms with Gasteiger partial charge >= 0.3 is 12.0 Å². The number of methoxy groups -OCH3 is 2. The summed E-state index contributed by atoms with van der Waals surface area (Å²) in [5, 5.41) is 4.20. The highest BCUT2D eigenvalue weighted by atomic mass is 16.5. The van der Waals surface area contributed by atoms with Crippen LogP contribution in [0.4, 0.5) is 11.8 Å². The molecule has 11 heteroatoms. The van der Waals surface area contributed by atoms with E-state index in [1.807, 2.05) is 13.2 Å².